The van der Waals surface area contributed by atoms with Gasteiger partial charge in [-0.3, -0.25) is 9.69 Å². The summed E-state index contributed by atoms with van der Waals surface area (Å²) in [6.07, 6.45) is 4.33. The highest BCUT2D eigenvalue weighted by atomic mass is 35.5. The van der Waals surface area contributed by atoms with Gasteiger partial charge in [0.05, 0.1) is 0 Å². The van der Waals surface area contributed by atoms with Crippen LogP contribution >= 0.6 is 24.8 Å². The van der Waals surface area contributed by atoms with Crippen LogP contribution in [0.5, 0.6) is 0 Å². The van der Waals surface area contributed by atoms with Crippen LogP contribution < -0.4 is 15.5 Å². The molecule has 0 atom stereocenters. The molecule has 29 heavy (non-hydrogen) atoms. The van der Waals surface area contributed by atoms with Gasteiger partial charge in [-0.1, -0.05) is 12.1 Å². The van der Waals surface area contributed by atoms with E-state index < -0.39 is 0 Å². The van der Waals surface area contributed by atoms with Crippen molar-refractivity contribution >= 4 is 47.9 Å². The molecule has 1 amide bonds. The van der Waals surface area contributed by atoms with Crippen molar-refractivity contribution in [1.29, 1.82) is 0 Å². The van der Waals surface area contributed by atoms with Crippen molar-refractivity contribution in [2.45, 2.75) is 19.3 Å². The minimum absolute atomic E-state index is 0. The highest BCUT2D eigenvalue weighted by Crippen LogP contribution is 2.31. The topological polar surface area (TPSA) is 65.7 Å². The summed E-state index contributed by atoms with van der Waals surface area (Å²) >= 11 is 0. The van der Waals surface area contributed by atoms with E-state index >= 15 is 0 Å². The molecule has 0 saturated carbocycles. The molecule has 0 bridgehead atoms. The number of halogens is 2. The second-order valence-electron chi connectivity index (χ2n) is 7.26. The van der Waals surface area contributed by atoms with Crippen molar-refractivity contribution in [1.82, 2.24) is 9.88 Å². The summed E-state index contributed by atoms with van der Waals surface area (Å²) in [5.41, 5.74) is 9.03. The standard InChI is InChI=1S/C21H27N5O.2ClH/c22-18-6-3-7-19-17(18)5-4-11-26(19)21(27)9-12-24-13-15-25(16-14-24)20-8-1-2-10-23-20;;/h1-3,6-8,10H,4-5,9,11-16,22H2;2*1H. The minimum Gasteiger partial charge on any atom is -0.398 e. The summed E-state index contributed by atoms with van der Waals surface area (Å²) in [7, 11) is 0. The number of fused-ring (bicyclic) bond motifs is 1. The molecule has 0 spiro atoms. The molecule has 0 unspecified atom stereocenters. The van der Waals surface area contributed by atoms with Crippen molar-refractivity contribution in [3.05, 3.63) is 48.2 Å². The molecular formula is C21H29Cl2N5O. The van der Waals surface area contributed by atoms with Gasteiger partial charge in [0, 0.05) is 63.3 Å². The number of piperazine rings is 1. The van der Waals surface area contributed by atoms with Gasteiger partial charge in [-0.25, -0.2) is 4.98 Å². The van der Waals surface area contributed by atoms with E-state index in [9.17, 15) is 4.79 Å². The third kappa shape index (κ3) is 5.32. The van der Waals surface area contributed by atoms with Gasteiger partial charge >= 0.3 is 0 Å². The molecule has 3 heterocycles. The van der Waals surface area contributed by atoms with E-state index in [0.29, 0.717) is 6.42 Å². The summed E-state index contributed by atoms with van der Waals surface area (Å²) in [4.78, 5) is 23.9. The first-order valence-electron chi connectivity index (χ1n) is 9.78. The lowest BCUT2D eigenvalue weighted by atomic mass is 9.99. The summed E-state index contributed by atoms with van der Waals surface area (Å²) in [5.74, 6) is 1.24. The van der Waals surface area contributed by atoms with Crippen LogP contribution in [0.3, 0.4) is 0 Å². The zero-order valence-electron chi connectivity index (χ0n) is 16.5. The zero-order valence-corrected chi connectivity index (χ0v) is 18.1. The molecule has 8 heteroatoms. The summed E-state index contributed by atoms with van der Waals surface area (Å²) in [5, 5.41) is 0. The largest absolute Gasteiger partial charge is 0.398 e. The normalized spacial score (nSPS) is 16.4. The summed E-state index contributed by atoms with van der Waals surface area (Å²) in [6, 6.07) is 11.9. The second-order valence-corrected chi connectivity index (χ2v) is 7.26. The Labute approximate surface area is 184 Å². The average Bonchev–Trinajstić information content (AvgIpc) is 2.73. The highest BCUT2D eigenvalue weighted by Gasteiger charge is 2.25. The Kier molecular flexibility index (Phi) is 8.56. The molecule has 1 aromatic carbocycles. The Hall–Kier alpha value is -2.02. The predicted molar refractivity (Wildman–Crippen MR) is 124 cm³/mol. The van der Waals surface area contributed by atoms with Crippen LogP contribution in [0.1, 0.15) is 18.4 Å². The third-order valence-corrected chi connectivity index (χ3v) is 5.58. The molecule has 1 saturated heterocycles. The number of nitrogens with two attached hydrogens (primary N) is 1. The van der Waals surface area contributed by atoms with Crippen LogP contribution in [0, 0.1) is 0 Å². The molecule has 4 rings (SSSR count). The van der Waals surface area contributed by atoms with Crippen LogP contribution in [0.25, 0.3) is 0 Å². The monoisotopic (exact) mass is 437 g/mol. The fraction of sp³-hybridized carbons (Fsp3) is 0.429. The molecule has 1 fully saturated rings. The molecule has 2 aliphatic heterocycles. The lowest BCUT2D eigenvalue weighted by molar-refractivity contribution is -0.119. The number of hydrogen-bond acceptors (Lipinski definition) is 5. The van der Waals surface area contributed by atoms with Crippen molar-refractivity contribution in [2.24, 2.45) is 0 Å². The van der Waals surface area contributed by atoms with Crippen molar-refractivity contribution in [2.75, 3.05) is 54.8 Å². The number of nitrogens with zero attached hydrogens (tertiary/aromatic N) is 4. The molecule has 6 nitrogen and oxygen atoms in total. The van der Waals surface area contributed by atoms with E-state index in [1.165, 1.54) is 0 Å². The van der Waals surface area contributed by atoms with Gasteiger partial charge in [-0.05, 0) is 42.7 Å². The van der Waals surface area contributed by atoms with E-state index in [1.54, 1.807) is 0 Å². The molecule has 2 aromatic rings. The number of benzene rings is 1. The maximum atomic E-state index is 12.8. The van der Waals surface area contributed by atoms with Gasteiger partial charge in [0.2, 0.25) is 5.91 Å². The number of aromatic nitrogens is 1. The Morgan fingerprint density at radius 2 is 1.79 bits per heavy atom. The van der Waals surface area contributed by atoms with Gasteiger partial charge in [0.1, 0.15) is 5.82 Å². The van der Waals surface area contributed by atoms with Gasteiger partial charge < -0.3 is 15.5 Å². The fourth-order valence-electron chi connectivity index (χ4n) is 4.04. The smallest absolute Gasteiger partial charge is 0.228 e. The number of nitrogen functional groups attached to an aromatic ring is 1. The van der Waals surface area contributed by atoms with E-state index in [4.69, 9.17) is 5.73 Å². The molecule has 1 aromatic heterocycles. The molecule has 158 valence electrons. The van der Waals surface area contributed by atoms with Gasteiger partial charge in [0.15, 0.2) is 0 Å². The van der Waals surface area contributed by atoms with E-state index in [0.717, 1.165) is 74.9 Å². The quantitative estimate of drug-likeness (QED) is 0.744. The molecule has 0 radical (unpaired) electrons. The second kappa shape index (κ2) is 10.7. The van der Waals surface area contributed by atoms with E-state index in [2.05, 4.69) is 20.9 Å². The van der Waals surface area contributed by atoms with Crippen molar-refractivity contribution < 1.29 is 4.79 Å². The van der Waals surface area contributed by atoms with Gasteiger partial charge in [-0.15, -0.1) is 24.8 Å². The average molecular weight is 438 g/mol. The molecule has 2 N–H and O–H groups in total. The van der Waals surface area contributed by atoms with Gasteiger partial charge in [-0.2, -0.15) is 0 Å². The van der Waals surface area contributed by atoms with E-state index in [-0.39, 0.29) is 30.7 Å². The minimum atomic E-state index is 0. The Bertz CT molecular complexity index is 797. The van der Waals surface area contributed by atoms with Crippen LogP contribution in [-0.4, -0.2) is 55.1 Å². The number of carbonyl (C=O) groups is 1. The predicted octanol–water partition coefficient (Wildman–Crippen LogP) is 3.00. The Morgan fingerprint density at radius 3 is 2.52 bits per heavy atom. The van der Waals surface area contributed by atoms with Crippen LogP contribution in [0.4, 0.5) is 17.2 Å². The SMILES string of the molecule is Cl.Cl.Nc1cccc2c1CCCN2C(=O)CCN1CCN(c2ccccn2)CC1. The number of rotatable bonds is 4. The lowest BCUT2D eigenvalue weighted by Crippen LogP contribution is -2.48. The molecular weight excluding hydrogens is 409 g/mol. The summed E-state index contributed by atoms with van der Waals surface area (Å²) in [6.45, 7) is 5.44. The number of anilines is 3. The van der Waals surface area contributed by atoms with Crippen molar-refractivity contribution in [3.63, 3.8) is 0 Å². The van der Waals surface area contributed by atoms with Crippen molar-refractivity contribution in [3.8, 4) is 0 Å². The molecule has 2 aliphatic rings. The van der Waals surface area contributed by atoms with Crippen LogP contribution in [0.15, 0.2) is 42.6 Å². The van der Waals surface area contributed by atoms with Gasteiger partial charge in [0.25, 0.3) is 0 Å². The maximum absolute atomic E-state index is 12.8. The molecule has 0 aliphatic carbocycles. The Morgan fingerprint density at radius 1 is 1.00 bits per heavy atom. The number of amides is 1. The fourth-order valence-corrected chi connectivity index (χ4v) is 4.04. The van der Waals surface area contributed by atoms with E-state index in [1.807, 2.05) is 41.4 Å². The Balaban J connectivity index is 0.00000150. The highest BCUT2D eigenvalue weighted by molar-refractivity contribution is 5.95. The number of pyridine rings is 1. The number of hydrogen-bond donors (Lipinski definition) is 1. The third-order valence-electron chi connectivity index (χ3n) is 5.58. The number of carbonyl (C=O) groups excluding carboxylic acids is 1. The van der Waals surface area contributed by atoms with Crippen LogP contribution in [-0.2, 0) is 11.2 Å². The maximum Gasteiger partial charge on any atom is 0.228 e. The van der Waals surface area contributed by atoms with Crippen LogP contribution in [0.2, 0.25) is 0 Å². The first-order chi connectivity index (χ1) is 13.2. The zero-order chi connectivity index (χ0) is 18.6. The lowest BCUT2D eigenvalue weighted by Gasteiger charge is -2.36. The first kappa shape index (κ1) is 23.3. The summed E-state index contributed by atoms with van der Waals surface area (Å²) < 4.78 is 0. The first-order valence-corrected chi connectivity index (χ1v) is 9.78.